The molecule has 8 heteroatoms. The molecular weight excluding hydrogens is 395 g/mol. The summed E-state index contributed by atoms with van der Waals surface area (Å²) in [6.45, 7) is 1.20. The van der Waals surface area contributed by atoms with E-state index in [1.807, 2.05) is 33.7 Å². The van der Waals surface area contributed by atoms with E-state index in [0.717, 1.165) is 24.3 Å². The Morgan fingerprint density at radius 1 is 1.06 bits per heavy atom. The van der Waals surface area contributed by atoms with Crippen molar-refractivity contribution in [2.75, 3.05) is 18.4 Å². The van der Waals surface area contributed by atoms with E-state index in [4.69, 9.17) is 0 Å². The Morgan fingerprint density at radius 3 is 2.84 bits per heavy atom. The summed E-state index contributed by atoms with van der Waals surface area (Å²) in [5, 5.41) is 11.6. The third kappa shape index (κ3) is 3.72. The maximum Gasteiger partial charge on any atom is 0.257 e. The van der Waals surface area contributed by atoms with Crippen molar-refractivity contribution in [3.8, 4) is 0 Å². The molecule has 5 rings (SSSR count). The Hall–Kier alpha value is -3.81. The highest BCUT2D eigenvalue weighted by Gasteiger charge is 2.29. The van der Waals surface area contributed by atoms with Gasteiger partial charge in [0.1, 0.15) is 17.5 Å². The standard InChI is InChI=1S/C23H21FN6O/c24-18-9-1-2-10-19(18)26-21-17(8-5-12-25-21)23(31)29-13-6-7-16(15-29)22-28-27-20-11-3-4-14-30(20)22/h1-5,8-12,14,16H,6-7,13,15H2,(H,25,26). The monoisotopic (exact) mass is 416 g/mol. The molecular formula is C23H21FN6O. The van der Waals surface area contributed by atoms with E-state index in [1.165, 1.54) is 6.07 Å². The molecule has 0 bridgehead atoms. The number of benzene rings is 1. The predicted octanol–water partition coefficient (Wildman–Crippen LogP) is 4.03. The summed E-state index contributed by atoms with van der Waals surface area (Å²) >= 11 is 0. The van der Waals surface area contributed by atoms with Crippen LogP contribution in [0.5, 0.6) is 0 Å². The minimum Gasteiger partial charge on any atom is -0.338 e. The molecule has 4 heterocycles. The van der Waals surface area contributed by atoms with E-state index in [-0.39, 0.29) is 17.5 Å². The third-order valence-corrected chi connectivity index (χ3v) is 5.58. The molecule has 1 amide bonds. The van der Waals surface area contributed by atoms with Crippen LogP contribution in [0.25, 0.3) is 5.65 Å². The van der Waals surface area contributed by atoms with Crippen LogP contribution >= 0.6 is 0 Å². The van der Waals surface area contributed by atoms with E-state index in [9.17, 15) is 9.18 Å². The summed E-state index contributed by atoms with van der Waals surface area (Å²) in [5.74, 6) is 0.764. The first-order chi connectivity index (χ1) is 15.2. The van der Waals surface area contributed by atoms with E-state index in [2.05, 4.69) is 20.5 Å². The maximum absolute atomic E-state index is 14.1. The molecule has 1 aliphatic heterocycles. The van der Waals surface area contributed by atoms with Gasteiger partial charge in [-0.2, -0.15) is 0 Å². The van der Waals surface area contributed by atoms with Crippen molar-refractivity contribution in [3.05, 3.63) is 84.2 Å². The first-order valence-corrected chi connectivity index (χ1v) is 10.3. The van der Waals surface area contributed by atoms with Crippen LogP contribution in [-0.4, -0.2) is 43.5 Å². The second kappa shape index (κ2) is 8.14. The van der Waals surface area contributed by atoms with Crippen LogP contribution < -0.4 is 5.32 Å². The number of hydrogen-bond acceptors (Lipinski definition) is 5. The number of amides is 1. The molecule has 1 aliphatic rings. The van der Waals surface area contributed by atoms with Gasteiger partial charge >= 0.3 is 0 Å². The van der Waals surface area contributed by atoms with Gasteiger partial charge in [0.05, 0.1) is 11.3 Å². The Labute approximate surface area is 178 Å². The molecule has 31 heavy (non-hydrogen) atoms. The lowest BCUT2D eigenvalue weighted by Crippen LogP contribution is -2.39. The second-order valence-corrected chi connectivity index (χ2v) is 7.58. The van der Waals surface area contributed by atoms with Crippen LogP contribution in [0.15, 0.2) is 67.0 Å². The fourth-order valence-electron chi connectivity index (χ4n) is 4.05. The highest BCUT2D eigenvalue weighted by Crippen LogP contribution is 2.28. The van der Waals surface area contributed by atoms with Crippen LogP contribution in [0.2, 0.25) is 0 Å². The van der Waals surface area contributed by atoms with E-state index in [1.54, 1.807) is 36.5 Å². The van der Waals surface area contributed by atoms with Gasteiger partial charge in [-0.1, -0.05) is 18.2 Å². The van der Waals surface area contributed by atoms with Crippen LogP contribution in [0.4, 0.5) is 15.9 Å². The number of piperidine rings is 1. The van der Waals surface area contributed by atoms with Crippen molar-refractivity contribution < 1.29 is 9.18 Å². The molecule has 1 fully saturated rings. The van der Waals surface area contributed by atoms with Crippen molar-refractivity contribution in [1.82, 2.24) is 24.5 Å². The number of carbonyl (C=O) groups excluding carboxylic acids is 1. The number of fused-ring (bicyclic) bond motifs is 1. The van der Waals surface area contributed by atoms with Gasteiger partial charge in [-0.3, -0.25) is 9.20 Å². The molecule has 1 saturated heterocycles. The minimum atomic E-state index is -0.400. The normalized spacial score (nSPS) is 16.4. The topological polar surface area (TPSA) is 75.4 Å². The molecule has 1 aromatic carbocycles. The number of aromatic nitrogens is 4. The van der Waals surface area contributed by atoms with E-state index < -0.39 is 5.82 Å². The van der Waals surface area contributed by atoms with E-state index >= 15 is 0 Å². The average Bonchev–Trinajstić information content (AvgIpc) is 3.25. The zero-order valence-corrected chi connectivity index (χ0v) is 16.8. The number of likely N-dealkylation sites (tertiary alicyclic amines) is 1. The number of pyridine rings is 2. The summed E-state index contributed by atoms with van der Waals surface area (Å²) in [7, 11) is 0. The van der Waals surface area contributed by atoms with Crippen molar-refractivity contribution >= 4 is 23.1 Å². The van der Waals surface area contributed by atoms with Gasteiger partial charge in [0.15, 0.2) is 5.65 Å². The average molecular weight is 416 g/mol. The highest BCUT2D eigenvalue weighted by atomic mass is 19.1. The molecule has 0 radical (unpaired) electrons. The minimum absolute atomic E-state index is 0.0924. The van der Waals surface area contributed by atoms with Crippen molar-refractivity contribution in [3.63, 3.8) is 0 Å². The zero-order chi connectivity index (χ0) is 21.2. The fraction of sp³-hybridized carbons (Fsp3) is 0.217. The lowest BCUT2D eigenvalue weighted by molar-refractivity contribution is 0.0705. The smallest absolute Gasteiger partial charge is 0.257 e. The number of carbonyl (C=O) groups is 1. The quantitative estimate of drug-likeness (QED) is 0.544. The van der Waals surface area contributed by atoms with Crippen LogP contribution in [0.3, 0.4) is 0 Å². The zero-order valence-electron chi connectivity index (χ0n) is 16.8. The first-order valence-electron chi connectivity index (χ1n) is 10.3. The number of rotatable bonds is 4. The summed E-state index contributed by atoms with van der Waals surface area (Å²) in [6, 6.07) is 15.6. The SMILES string of the molecule is O=C(c1cccnc1Nc1ccccc1F)N1CCCC(c2nnc3ccccn23)C1. The number of nitrogens with one attached hydrogen (secondary N) is 1. The van der Waals surface area contributed by atoms with Gasteiger partial charge in [-0.05, 0) is 49.2 Å². The molecule has 1 atom stereocenters. The second-order valence-electron chi connectivity index (χ2n) is 7.58. The number of halogens is 1. The van der Waals surface area contributed by atoms with Crippen molar-refractivity contribution in [2.24, 2.45) is 0 Å². The highest BCUT2D eigenvalue weighted by molar-refractivity contribution is 5.99. The Balaban J connectivity index is 1.40. The Kier molecular flexibility index (Phi) is 5.03. The number of anilines is 2. The molecule has 0 aliphatic carbocycles. The number of para-hydroxylation sites is 1. The number of hydrogen-bond donors (Lipinski definition) is 1. The lowest BCUT2D eigenvalue weighted by Gasteiger charge is -2.32. The molecule has 0 saturated carbocycles. The Morgan fingerprint density at radius 2 is 1.94 bits per heavy atom. The predicted molar refractivity (Wildman–Crippen MR) is 115 cm³/mol. The van der Waals surface area contributed by atoms with Gasteiger partial charge in [0.2, 0.25) is 0 Å². The van der Waals surface area contributed by atoms with Gasteiger partial charge in [-0.15, -0.1) is 10.2 Å². The largest absolute Gasteiger partial charge is 0.338 e. The molecule has 1 unspecified atom stereocenters. The van der Waals surface area contributed by atoms with Crippen LogP contribution in [0, 0.1) is 5.82 Å². The van der Waals surface area contributed by atoms with E-state index in [0.29, 0.717) is 24.5 Å². The molecule has 4 aromatic rings. The number of nitrogens with zero attached hydrogens (tertiary/aromatic N) is 5. The third-order valence-electron chi connectivity index (χ3n) is 5.58. The Bertz CT molecular complexity index is 1240. The molecule has 7 nitrogen and oxygen atoms in total. The molecule has 156 valence electrons. The summed E-state index contributed by atoms with van der Waals surface area (Å²) < 4.78 is 16.1. The summed E-state index contributed by atoms with van der Waals surface area (Å²) in [5.41, 5.74) is 1.49. The molecule has 0 spiro atoms. The van der Waals surface area contributed by atoms with Crippen molar-refractivity contribution in [1.29, 1.82) is 0 Å². The summed E-state index contributed by atoms with van der Waals surface area (Å²) in [4.78, 5) is 19.5. The van der Waals surface area contributed by atoms with Crippen molar-refractivity contribution in [2.45, 2.75) is 18.8 Å². The maximum atomic E-state index is 14.1. The molecule has 3 aromatic heterocycles. The summed E-state index contributed by atoms with van der Waals surface area (Å²) in [6.07, 6.45) is 5.34. The van der Waals surface area contributed by atoms with Crippen LogP contribution in [0.1, 0.15) is 34.9 Å². The molecule has 1 N–H and O–H groups in total. The lowest BCUT2D eigenvalue weighted by atomic mass is 9.96. The van der Waals surface area contributed by atoms with Gasteiger partial charge in [0.25, 0.3) is 5.91 Å². The van der Waals surface area contributed by atoms with Gasteiger partial charge in [0, 0.05) is 31.4 Å². The first kappa shape index (κ1) is 19.2. The van der Waals surface area contributed by atoms with Gasteiger partial charge in [-0.25, -0.2) is 9.37 Å². The van der Waals surface area contributed by atoms with Crippen LogP contribution in [-0.2, 0) is 0 Å². The fourth-order valence-corrected chi connectivity index (χ4v) is 4.05. The van der Waals surface area contributed by atoms with Gasteiger partial charge < -0.3 is 10.2 Å².